The summed E-state index contributed by atoms with van der Waals surface area (Å²) in [6, 6.07) is 20.6. The fourth-order valence-electron chi connectivity index (χ4n) is 3.20. The first-order chi connectivity index (χ1) is 15.1. The Bertz CT molecular complexity index is 1230. The Morgan fingerprint density at radius 3 is 2.26 bits per heavy atom. The summed E-state index contributed by atoms with van der Waals surface area (Å²) in [5.74, 6) is 0.152. The van der Waals surface area contributed by atoms with Crippen LogP contribution in [0.2, 0.25) is 0 Å². The van der Waals surface area contributed by atoms with Crippen molar-refractivity contribution in [1.29, 1.82) is 0 Å². The normalized spacial score (nSPS) is 12.4. The fourth-order valence-corrected chi connectivity index (χ4v) is 4.27. The molecule has 4 aromatic rings. The molecule has 31 heavy (non-hydrogen) atoms. The molecule has 8 heteroatoms. The topological polar surface area (TPSA) is 94.1 Å². The van der Waals surface area contributed by atoms with Gasteiger partial charge in [-0.25, -0.2) is 18.4 Å². The molecule has 0 fully saturated rings. The molecule has 0 saturated heterocycles. The number of rotatable bonds is 8. The van der Waals surface area contributed by atoms with Gasteiger partial charge >= 0.3 is 0 Å². The molecule has 0 spiro atoms. The Labute approximate surface area is 181 Å². The van der Waals surface area contributed by atoms with Crippen molar-refractivity contribution in [2.24, 2.45) is 0 Å². The summed E-state index contributed by atoms with van der Waals surface area (Å²) in [5.41, 5.74) is 2.87. The summed E-state index contributed by atoms with van der Waals surface area (Å²) in [5, 5.41) is 0. The average Bonchev–Trinajstić information content (AvgIpc) is 2.78. The summed E-state index contributed by atoms with van der Waals surface area (Å²) in [6.45, 7) is 1.80. The summed E-state index contributed by atoms with van der Waals surface area (Å²) >= 11 is 0. The maximum absolute atomic E-state index is 12.5. The number of sulfonamides is 1. The quantitative estimate of drug-likeness (QED) is 0.443. The lowest BCUT2D eigenvalue weighted by molar-refractivity contribution is 0.238. The number of fused-ring (bicyclic) bond motifs is 1. The van der Waals surface area contributed by atoms with E-state index in [1.54, 1.807) is 31.5 Å². The summed E-state index contributed by atoms with van der Waals surface area (Å²) in [7, 11) is -3.59. The second-order valence-electron chi connectivity index (χ2n) is 6.98. The van der Waals surface area contributed by atoms with E-state index in [-0.39, 0.29) is 17.5 Å². The van der Waals surface area contributed by atoms with Crippen LogP contribution in [0.15, 0.2) is 79.1 Å². The number of nitrogens with one attached hydrogen (secondary N) is 1. The molecule has 0 amide bonds. The molecule has 7 nitrogen and oxygen atoms in total. The molecule has 2 heterocycles. The van der Waals surface area contributed by atoms with Gasteiger partial charge in [0, 0.05) is 18.0 Å². The summed E-state index contributed by atoms with van der Waals surface area (Å²) in [4.78, 5) is 13.3. The van der Waals surface area contributed by atoms with E-state index in [9.17, 15) is 8.42 Å². The molecule has 0 saturated carbocycles. The van der Waals surface area contributed by atoms with Gasteiger partial charge in [-0.2, -0.15) is 0 Å². The smallest absolute Gasteiger partial charge is 0.260 e. The highest BCUT2D eigenvalue weighted by atomic mass is 32.2. The van der Waals surface area contributed by atoms with Gasteiger partial charge in [0.15, 0.2) is 6.10 Å². The third kappa shape index (κ3) is 4.97. The first-order valence-corrected chi connectivity index (χ1v) is 11.6. The van der Waals surface area contributed by atoms with Crippen molar-refractivity contribution >= 4 is 26.9 Å². The standard InChI is InChI=1S/C23H22N4O3S/c1-2-15-31(28,29)27-22-23(26-20-13-7-6-12-19(20)25-22)30-21(17-9-4-3-5-10-17)18-11-8-14-24-16-18/h3-14,16,21H,2,15H2,1H3,(H,25,27). The Morgan fingerprint density at radius 2 is 1.58 bits per heavy atom. The Kier molecular flexibility index (Phi) is 6.08. The Hall–Kier alpha value is -3.52. The van der Waals surface area contributed by atoms with Crippen molar-refractivity contribution in [1.82, 2.24) is 15.0 Å². The van der Waals surface area contributed by atoms with Crippen LogP contribution in [0.25, 0.3) is 11.0 Å². The average molecular weight is 435 g/mol. The zero-order valence-electron chi connectivity index (χ0n) is 17.0. The van der Waals surface area contributed by atoms with Crippen molar-refractivity contribution in [3.63, 3.8) is 0 Å². The minimum atomic E-state index is -3.59. The highest BCUT2D eigenvalue weighted by Crippen LogP contribution is 2.32. The van der Waals surface area contributed by atoms with Crippen LogP contribution in [0.4, 0.5) is 5.82 Å². The van der Waals surface area contributed by atoms with Crippen molar-refractivity contribution in [3.05, 3.63) is 90.3 Å². The zero-order valence-corrected chi connectivity index (χ0v) is 17.8. The van der Waals surface area contributed by atoms with Crippen molar-refractivity contribution in [3.8, 4) is 5.88 Å². The minimum absolute atomic E-state index is 0.0222. The van der Waals surface area contributed by atoms with Crippen LogP contribution in [0.1, 0.15) is 30.6 Å². The van der Waals surface area contributed by atoms with Crippen LogP contribution < -0.4 is 9.46 Å². The minimum Gasteiger partial charge on any atom is -0.462 e. The number of hydrogen-bond acceptors (Lipinski definition) is 6. The lowest BCUT2D eigenvalue weighted by Crippen LogP contribution is -2.19. The molecule has 1 unspecified atom stereocenters. The Morgan fingerprint density at radius 1 is 0.903 bits per heavy atom. The van der Waals surface area contributed by atoms with Gasteiger partial charge in [-0.15, -0.1) is 0 Å². The first-order valence-electron chi connectivity index (χ1n) is 9.94. The highest BCUT2D eigenvalue weighted by molar-refractivity contribution is 7.92. The molecule has 0 radical (unpaired) electrons. The highest BCUT2D eigenvalue weighted by Gasteiger charge is 2.22. The molecule has 1 atom stereocenters. The molecule has 0 bridgehead atoms. The van der Waals surface area contributed by atoms with Gasteiger partial charge in [-0.05, 0) is 30.2 Å². The predicted octanol–water partition coefficient (Wildman–Crippen LogP) is 4.34. The number of pyridine rings is 1. The second-order valence-corrected chi connectivity index (χ2v) is 8.82. The monoisotopic (exact) mass is 434 g/mol. The SMILES string of the molecule is CCCS(=O)(=O)Nc1nc2ccccc2nc1OC(c1ccccc1)c1cccnc1. The van der Waals surface area contributed by atoms with E-state index in [1.165, 1.54) is 0 Å². The lowest BCUT2D eigenvalue weighted by Gasteiger charge is -2.21. The van der Waals surface area contributed by atoms with Gasteiger partial charge in [0.25, 0.3) is 5.88 Å². The molecule has 0 aliphatic carbocycles. The van der Waals surface area contributed by atoms with Crippen molar-refractivity contribution in [2.75, 3.05) is 10.5 Å². The molecule has 1 N–H and O–H groups in total. The predicted molar refractivity (Wildman–Crippen MR) is 120 cm³/mol. The number of aromatic nitrogens is 3. The number of anilines is 1. The molecule has 0 aliphatic heterocycles. The van der Waals surface area contributed by atoms with Crippen LogP contribution in [-0.4, -0.2) is 29.1 Å². The summed E-state index contributed by atoms with van der Waals surface area (Å²) in [6.07, 6.45) is 3.34. The van der Waals surface area contributed by atoms with E-state index < -0.39 is 16.1 Å². The van der Waals surface area contributed by atoms with Crippen LogP contribution >= 0.6 is 0 Å². The molecular weight excluding hydrogens is 412 g/mol. The van der Waals surface area contributed by atoms with E-state index in [0.717, 1.165) is 11.1 Å². The second kappa shape index (κ2) is 9.09. The maximum Gasteiger partial charge on any atom is 0.260 e. The van der Waals surface area contributed by atoms with Gasteiger partial charge in [0.2, 0.25) is 15.8 Å². The number of hydrogen-bond donors (Lipinski definition) is 1. The lowest BCUT2D eigenvalue weighted by atomic mass is 10.0. The molecule has 2 aromatic carbocycles. The van der Waals surface area contributed by atoms with Crippen LogP contribution in [0, 0.1) is 0 Å². The van der Waals surface area contributed by atoms with Gasteiger partial charge in [-0.1, -0.05) is 55.5 Å². The van der Waals surface area contributed by atoms with Crippen LogP contribution in [0.5, 0.6) is 5.88 Å². The van der Waals surface area contributed by atoms with Gasteiger partial charge < -0.3 is 4.74 Å². The molecular formula is C23H22N4O3S. The van der Waals surface area contributed by atoms with Gasteiger partial charge in [0.05, 0.1) is 16.8 Å². The van der Waals surface area contributed by atoms with Crippen molar-refractivity contribution in [2.45, 2.75) is 19.4 Å². The number of benzene rings is 2. The third-order valence-electron chi connectivity index (χ3n) is 4.58. The fraction of sp³-hybridized carbons (Fsp3) is 0.174. The summed E-state index contributed by atoms with van der Waals surface area (Å²) < 4.78 is 33.8. The maximum atomic E-state index is 12.5. The largest absolute Gasteiger partial charge is 0.462 e. The van der Waals surface area contributed by atoms with Crippen LogP contribution in [-0.2, 0) is 10.0 Å². The van der Waals surface area contributed by atoms with E-state index in [4.69, 9.17) is 4.74 Å². The number of nitrogens with zero attached hydrogens (tertiary/aromatic N) is 3. The van der Waals surface area contributed by atoms with E-state index >= 15 is 0 Å². The van der Waals surface area contributed by atoms with E-state index in [2.05, 4.69) is 19.7 Å². The molecule has 0 aliphatic rings. The zero-order chi connectivity index (χ0) is 21.7. The molecule has 4 rings (SSSR count). The van der Waals surface area contributed by atoms with Gasteiger partial charge in [-0.3, -0.25) is 9.71 Å². The molecule has 158 valence electrons. The molecule has 2 aromatic heterocycles. The number of ether oxygens (including phenoxy) is 1. The van der Waals surface area contributed by atoms with E-state index in [0.29, 0.717) is 17.5 Å². The third-order valence-corrected chi connectivity index (χ3v) is 6.03. The van der Waals surface area contributed by atoms with Crippen molar-refractivity contribution < 1.29 is 13.2 Å². The van der Waals surface area contributed by atoms with E-state index in [1.807, 2.05) is 54.6 Å². The number of para-hydroxylation sites is 2. The van der Waals surface area contributed by atoms with Gasteiger partial charge in [0.1, 0.15) is 0 Å². The first kappa shape index (κ1) is 20.7. The van der Waals surface area contributed by atoms with Crippen LogP contribution in [0.3, 0.4) is 0 Å². The Balaban J connectivity index is 1.81.